The van der Waals surface area contributed by atoms with Crippen LogP contribution >= 0.6 is 0 Å². The van der Waals surface area contributed by atoms with Crippen LogP contribution in [-0.4, -0.2) is 7.11 Å². The van der Waals surface area contributed by atoms with E-state index in [0.29, 0.717) is 39.4 Å². The van der Waals surface area contributed by atoms with Crippen molar-refractivity contribution in [3.8, 4) is 22.6 Å². The molecule has 4 aromatic rings. The van der Waals surface area contributed by atoms with E-state index >= 15 is 0 Å². The summed E-state index contributed by atoms with van der Waals surface area (Å²) in [6.45, 7) is 2.04. The molecule has 3 aromatic carbocycles. The Labute approximate surface area is 167 Å². The van der Waals surface area contributed by atoms with Gasteiger partial charge in [-0.2, -0.15) is 0 Å². The minimum Gasteiger partial charge on any atom is -0.496 e. The van der Waals surface area contributed by atoms with Crippen molar-refractivity contribution in [2.45, 2.75) is 13.5 Å². The maximum absolute atomic E-state index is 13.1. The van der Waals surface area contributed by atoms with Gasteiger partial charge < -0.3 is 13.9 Å². The summed E-state index contributed by atoms with van der Waals surface area (Å²) in [6.07, 6.45) is 0. The van der Waals surface area contributed by atoms with Crippen LogP contribution in [0.15, 0.2) is 75.9 Å². The van der Waals surface area contributed by atoms with Crippen LogP contribution in [0.25, 0.3) is 22.1 Å². The lowest BCUT2D eigenvalue weighted by atomic mass is 10.0. The van der Waals surface area contributed by atoms with E-state index in [1.807, 2.05) is 24.3 Å². The van der Waals surface area contributed by atoms with E-state index in [-0.39, 0.29) is 17.9 Å². The maximum Gasteiger partial charge on any atom is 0.200 e. The van der Waals surface area contributed by atoms with Crippen molar-refractivity contribution in [1.29, 1.82) is 0 Å². The average molecular weight is 390 g/mol. The van der Waals surface area contributed by atoms with Gasteiger partial charge in [-0.1, -0.05) is 30.3 Å². The zero-order chi connectivity index (χ0) is 20.4. The van der Waals surface area contributed by atoms with Crippen molar-refractivity contribution in [2.75, 3.05) is 7.11 Å². The van der Waals surface area contributed by atoms with E-state index in [1.54, 1.807) is 44.4 Å². The van der Waals surface area contributed by atoms with Gasteiger partial charge in [0.25, 0.3) is 0 Å². The molecule has 0 fully saturated rings. The highest BCUT2D eigenvalue weighted by atomic mass is 19.1. The molecule has 0 aliphatic carbocycles. The molecule has 4 nitrogen and oxygen atoms in total. The Hall–Kier alpha value is -3.60. The number of aryl methyl sites for hydroxylation is 1. The Morgan fingerprint density at radius 3 is 2.52 bits per heavy atom. The number of hydrogen-bond donors (Lipinski definition) is 0. The number of hydrogen-bond acceptors (Lipinski definition) is 4. The molecule has 0 unspecified atom stereocenters. The number of fused-ring (bicyclic) bond motifs is 1. The zero-order valence-electron chi connectivity index (χ0n) is 16.1. The number of benzene rings is 3. The van der Waals surface area contributed by atoms with E-state index in [1.165, 1.54) is 12.1 Å². The molecule has 1 heterocycles. The number of rotatable bonds is 5. The van der Waals surface area contributed by atoms with Gasteiger partial charge in [0.2, 0.25) is 5.43 Å². The third kappa shape index (κ3) is 3.72. The van der Waals surface area contributed by atoms with Gasteiger partial charge in [-0.25, -0.2) is 4.39 Å². The minimum absolute atomic E-state index is 0.127. The Morgan fingerprint density at radius 1 is 1.00 bits per heavy atom. The van der Waals surface area contributed by atoms with Gasteiger partial charge in [0, 0.05) is 11.6 Å². The summed E-state index contributed by atoms with van der Waals surface area (Å²) in [5, 5.41) is 0.464. The van der Waals surface area contributed by atoms with Gasteiger partial charge in [-0.15, -0.1) is 0 Å². The number of methoxy groups -OCH3 is 1. The lowest BCUT2D eigenvalue weighted by Gasteiger charge is -2.12. The first-order chi connectivity index (χ1) is 14.1. The van der Waals surface area contributed by atoms with Crippen molar-refractivity contribution >= 4 is 11.0 Å². The van der Waals surface area contributed by atoms with Crippen LogP contribution in [0.3, 0.4) is 0 Å². The molecule has 0 spiro atoms. The fourth-order valence-corrected chi connectivity index (χ4v) is 3.29. The molecular formula is C24H19FO4. The minimum atomic E-state index is -0.289. The standard InChI is InChI=1S/C24H19FO4/c1-15-23(19-5-3-4-6-21(19)27-2)24(26)20-12-11-18(13-22(20)29-15)28-14-16-7-9-17(25)10-8-16/h3-13H,14H2,1-2H3. The number of para-hydroxylation sites is 1. The third-order valence-corrected chi connectivity index (χ3v) is 4.73. The highest BCUT2D eigenvalue weighted by molar-refractivity contribution is 5.85. The maximum atomic E-state index is 13.1. The van der Waals surface area contributed by atoms with Crippen LogP contribution in [0.1, 0.15) is 11.3 Å². The molecule has 29 heavy (non-hydrogen) atoms. The van der Waals surface area contributed by atoms with Gasteiger partial charge in [0.05, 0.1) is 18.1 Å². The molecule has 0 bridgehead atoms. The largest absolute Gasteiger partial charge is 0.496 e. The van der Waals surface area contributed by atoms with Gasteiger partial charge in [0.15, 0.2) is 0 Å². The molecular weight excluding hydrogens is 371 g/mol. The quantitative estimate of drug-likeness (QED) is 0.452. The summed E-state index contributed by atoms with van der Waals surface area (Å²) < 4.78 is 30.1. The van der Waals surface area contributed by atoms with E-state index in [4.69, 9.17) is 13.9 Å². The summed E-state index contributed by atoms with van der Waals surface area (Å²) >= 11 is 0. The van der Waals surface area contributed by atoms with Crippen LogP contribution in [0.4, 0.5) is 4.39 Å². The van der Waals surface area contributed by atoms with Gasteiger partial charge >= 0.3 is 0 Å². The second-order valence-corrected chi connectivity index (χ2v) is 6.64. The fourth-order valence-electron chi connectivity index (χ4n) is 3.29. The van der Waals surface area contributed by atoms with Crippen LogP contribution < -0.4 is 14.9 Å². The molecule has 0 radical (unpaired) electrons. The zero-order valence-corrected chi connectivity index (χ0v) is 16.1. The van der Waals surface area contributed by atoms with Gasteiger partial charge in [-0.3, -0.25) is 4.79 Å². The second kappa shape index (κ2) is 7.80. The van der Waals surface area contributed by atoms with Crippen LogP contribution in [0, 0.1) is 12.7 Å². The molecule has 5 heteroatoms. The fraction of sp³-hybridized carbons (Fsp3) is 0.125. The monoisotopic (exact) mass is 390 g/mol. The van der Waals surface area contributed by atoms with E-state index in [2.05, 4.69) is 0 Å². The molecule has 146 valence electrons. The summed E-state index contributed by atoms with van der Waals surface area (Å²) in [5.41, 5.74) is 2.34. The first kappa shape index (κ1) is 18.7. The Morgan fingerprint density at radius 2 is 1.76 bits per heavy atom. The summed E-state index contributed by atoms with van der Waals surface area (Å²) in [4.78, 5) is 13.1. The molecule has 0 amide bonds. The highest BCUT2D eigenvalue weighted by Crippen LogP contribution is 2.32. The Bertz CT molecular complexity index is 1230. The van der Waals surface area contributed by atoms with Crippen molar-refractivity contribution in [2.24, 2.45) is 0 Å². The average Bonchev–Trinajstić information content (AvgIpc) is 2.73. The van der Waals surface area contributed by atoms with Crippen LogP contribution in [0.2, 0.25) is 0 Å². The summed E-state index contributed by atoms with van der Waals surface area (Å²) in [5.74, 6) is 1.39. The van der Waals surface area contributed by atoms with Crippen molar-refractivity contribution in [3.63, 3.8) is 0 Å². The first-order valence-corrected chi connectivity index (χ1v) is 9.15. The van der Waals surface area contributed by atoms with Crippen molar-refractivity contribution in [3.05, 3.63) is 94.1 Å². The predicted molar refractivity (Wildman–Crippen MR) is 110 cm³/mol. The summed E-state index contributed by atoms with van der Waals surface area (Å²) in [7, 11) is 1.57. The molecule has 1 aromatic heterocycles. The molecule has 4 rings (SSSR count). The molecule has 0 aliphatic rings. The lowest BCUT2D eigenvalue weighted by molar-refractivity contribution is 0.306. The first-order valence-electron chi connectivity index (χ1n) is 9.15. The topological polar surface area (TPSA) is 48.7 Å². The number of halogens is 1. The Kier molecular flexibility index (Phi) is 5.04. The van der Waals surface area contributed by atoms with Crippen LogP contribution in [-0.2, 0) is 6.61 Å². The summed E-state index contributed by atoms with van der Waals surface area (Å²) in [6, 6.07) is 18.6. The SMILES string of the molecule is COc1ccccc1-c1c(C)oc2cc(OCc3ccc(F)cc3)ccc2c1=O. The van der Waals surface area contributed by atoms with Crippen molar-refractivity contribution in [1.82, 2.24) is 0 Å². The smallest absolute Gasteiger partial charge is 0.200 e. The molecule has 0 atom stereocenters. The molecule has 0 saturated heterocycles. The number of ether oxygens (including phenoxy) is 2. The van der Waals surface area contributed by atoms with Gasteiger partial charge in [-0.05, 0) is 42.8 Å². The third-order valence-electron chi connectivity index (χ3n) is 4.73. The van der Waals surface area contributed by atoms with E-state index < -0.39 is 0 Å². The van der Waals surface area contributed by atoms with E-state index in [0.717, 1.165) is 5.56 Å². The predicted octanol–water partition coefficient (Wildman–Crippen LogP) is 5.50. The van der Waals surface area contributed by atoms with Crippen LogP contribution in [0.5, 0.6) is 11.5 Å². The van der Waals surface area contributed by atoms with Gasteiger partial charge in [0.1, 0.15) is 35.3 Å². The van der Waals surface area contributed by atoms with Crippen molar-refractivity contribution < 1.29 is 18.3 Å². The normalized spacial score (nSPS) is 10.9. The van der Waals surface area contributed by atoms with E-state index in [9.17, 15) is 9.18 Å². The Balaban J connectivity index is 1.70. The molecule has 0 saturated carbocycles. The molecule has 0 aliphatic heterocycles. The second-order valence-electron chi connectivity index (χ2n) is 6.64. The lowest BCUT2D eigenvalue weighted by Crippen LogP contribution is -2.08. The molecule has 0 N–H and O–H groups in total. The highest BCUT2D eigenvalue weighted by Gasteiger charge is 2.17.